The lowest BCUT2D eigenvalue weighted by atomic mass is 9.98. The van der Waals surface area contributed by atoms with Gasteiger partial charge in [-0.1, -0.05) is 13.5 Å². The molecule has 23 heavy (non-hydrogen) atoms. The number of rotatable bonds is 8. The Bertz CT molecular complexity index is 550. The molecule has 0 saturated heterocycles. The first-order valence-electron chi connectivity index (χ1n) is 7.98. The summed E-state index contributed by atoms with van der Waals surface area (Å²) in [6, 6.07) is 5.52. The molecule has 0 radical (unpaired) electrons. The van der Waals surface area contributed by atoms with E-state index in [1.54, 1.807) is 6.07 Å². The molecule has 1 aromatic carbocycles. The monoisotopic (exact) mass is 430 g/mol. The van der Waals surface area contributed by atoms with Gasteiger partial charge in [0.2, 0.25) is 0 Å². The van der Waals surface area contributed by atoms with Gasteiger partial charge in [0.1, 0.15) is 30.1 Å². The number of carbonyl (C=O) groups excluding carboxylic acids is 1. The molecule has 1 saturated carbocycles. The van der Waals surface area contributed by atoms with Gasteiger partial charge < -0.3 is 14.2 Å². The van der Waals surface area contributed by atoms with Crippen molar-refractivity contribution in [2.45, 2.75) is 44.6 Å². The van der Waals surface area contributed by atoms with E-state index in [-0.39, 0.29) is 11.6 Å². The van der Waals surface area contributed by atoms with Gasteiger partial charge in [0.25, 0.3) is 0 Å². The fourth-order valence-electron chi connectivity index (χ4n) is 2.87. The van der Waals surface area contributed by atoms with Crippen LogP contribution in [0.2, 0.25) is 0 Å². The Balaban J connectivity index is 2.11. The summed E-state index contributed by atoms with van der Waals surface area (Å²) in [6.07, 6.45) is 6.36. The topological polar surface area (TPSA) is 44.8 Å². The van der Waals surface area contributed by atoms with Gasteiger partial charge in [-0.2, -0.15) is 0 Å². The molecule has 1 fully saturated rings. The average Bonchev–Trinajstić information content (AvgIpc) is 3.01. The summed E-state index contributed by atoms with van der Waals surface area (Å²) in [4.78, 5) is 12.7. The van der Waals surface area contributed by atoms with Gasteiger partial charge in [-0.3, -0.25) is 0 Å². The lowest BCUT2D eigenvalue weighted by molar-refractivity contribution is -0.0175. The zero-order valence-corrected chi connectivity index (χ0v) is 15.6. The maximum absolute atomic E-state index is 12.7. The zero-order valence-electron chi connectivity index (χ0n) is 13.5. The third-order valence-electron chi connectivity index (χ3n) is 4.21. The minimum absolute atomic E-state index is 0.299. The van der Waals surface area contributed by atoms with E-state index in [0.29, 0.717) is 24.5 Å². The number of benzene rings is 1. The molecule has 0 aliphatic heterocycles. The molecule has 1 aromatic rings. The number of esters is 1. The highest BCUT2D eigenvalue weighted by molar-refractivity contribution is 14.1. The third kappa shape index (κ3) is 4.86. The van der Waals surface area contributed by atoms with Crippen molar-refractivity contribution in [1.29, 1.82) is 0 Å². The van der Waals surface area contributed by atoms with Gasteiger partial charge in [-0.05, 0) is 72.9 Å². The van der Waals surface area contributed by atoms with Crippen LogP contribution in [0, 0.1) is 3.57 Å². The summed E-state index contributed by atoms with van der Waals surface area (Å²) in [5, 5.41) is 0. The Morgan fingerprint density at radius 2 is 2.09 bits per heavy atom. The molecule has 5 heteroatoms. The van der Waals surface area contributed by atoms with Crippen molar-refractivity contribution in [2.75, 3.05) is 13.2 Å². The Kier molecular flexibility index (Phi) is 6.74. The van der Waals surface area contributed by atoms with Gasteiger partial charge in [0, 0.05) is 3.57 Å². The van der Waals surface area contributed by atoms with Gasteiger partial charge in [-0.25, -0.2) is 4.79 Å². The predicted octanol–water partition coefficient (Wildman–Crippen LogP) is 4.71. The van der Waals surface area contributed by atoms with Crippen LogP contribution in [0.5, 0.6) is 5.75 Å². The van der Waals surface area contributed by atoms with Crippen LogP contribution in [0.4, 0.5) is 0 Å². The highest BCUT2D eigenvalue weighted by atomic mass is 127. The first kappa shape index (κ1) is 18.1. The van der Waals surface area contributed by atoms with Crippen LogP contribution in [0.1, 0.15) is 49.4 Å². The Labute approximate surface area is 151 Å². The molecule has 4 nitrogen and oxygen atoms in total. The van der Waals surface area contributed by atoms with Crippen molar-refractivity contribution < 1.29 is 19.0 Å². The standard InChI is InChI=1S/C18H23IO4/c1-3-18(9-5-6-10-18)23-17(20)15-13-14(19)7-8-16(15)22-12-11-21-4-2/h4,7-8,13H,2-3,5-6,9-12H2,1H3. The third-order valence-corrected chi connectivity index (χ3v) is 4.88. The number of halogens is 1. The van der Waals surface area contributed by atoms with Crippen LogP contribution in [-0.4, -0.2) is 24.8 Å². The van der Waals surface area contributed by atoms with Crippen molar-refractivity contribution >= 4 is 28.6 Å². The lowest BCUT2D eigenvalue weighted by Gasteiger charge is -2.28. The van der Waals surface area contributed by atoms with Crippen molar-refractivity contribution in [3.05, 3.63) is 40.2 Å². The van der Waals surface area contributed by atoms with Crippen LogP contribution in [-0.2, 0) is 9.47 Å². The van der Waals surface area contributed by atoms with Crippen molar-refractivity contribution in [2.24, 2.45) is 0 Å². The summed E-state index contributed by atoms with van der Waals surface area (Å²) in [6.45, 7) is 6.31. The number of ether oxygens (including phenoxy) is 3. The normalized spacial score (nSPS) is 15.9. The molecular formula is C18H23IO4. The molecule has 1 aliphatic carbocycles. The zero-order chi connectivity index (χ0) is 16.7. The second kappa shape index (κ2) is 8.57. The quantitative estimate of drug-likeness (QED) is 0.259. The second-order valence-corrected chi connectivity index (χ2v) is 6.91. The van der Waals surface area contributed by atoms with E-state index in [1.807, 2.05) is 12.1 Å². The molecule has 0 heterocycles. The summed E-state index contributed by atoms with van der Waals surface area (Å²) >= 11 is 2.18. The van der Waals surface area contributed by atoms with E-state index in [2.05, 4.69) is 36.1 Å². The van der Waals surface area contributed by atoms with E-state index < -0.39 is 0 Å². The average molecular weight is 430 g/mol. The first-order valence-corrected chi connectivity index (χ1v) is 9.06. The van der Waals surface area contributed by atoms with Crippen molar-refractivity contribution in [1.82, 2.24) is 0 Å². The van der Waals surface area contributed by atoms with Gasteiger partial charge in [0.05, 0.1) is 6.26 Å². The molecule has 0 N–H and O–H groups in total. The summed E-state index contributed by atoms with van der Waals surface area (Å²) in [7, 11) is 0. The maximum atomic E-state index is 12.7. The smallest absolute Gasteiger partial charge is 0.342 e. The maximum Gasteiger partial charge on any atom is 0.342 e. The summed E-state index contributed by atoms with van der Waals surface area (Å²) < 4.78 is 17.6. The van der Waals surface area contributed by atoms with Crippen LogP contribution < -0.4 is 4.74 Å². The van der Waals surface area contributed by atoms with E-state index in [9.17, 15) is 4.79 Å². The predicted molar refractivity (Wildman–Crippen MR) is 97.7 cm³/mol. The Morgan fingerprint density at radius 3 is 2.74 bits per heavy atom. The van der Waals surface area contributed by atoms with Crippen molar-refractivity contribution in [3.8, 4) is 5.75 Å². The molecule has 2 rings (SSSR count). The Morgan fingerprint density at radius 1 is 1.35 bits per heavy atom. The number of hydrogen-bond donors (Lipinski definition) is 0. The van der Waals surface area contributed by atoms with E-state index in [4.69, 9.17) is 14.2 Å². The Hall–Kier alpha value is -1.24. The van der Waals surface area contributed by atoms with Crippen LogP contribution in [0.15, 0.2) is 31.0 Å². The van der Waals surface area contributed by atoms with E-state index in [0.717, 1.165) is 35.7 Å². The lowest BCUT2D eigenvalue weighted by Crippen LogP contribution is -2.31. The fourth-order valence-corrected chi connectivity index (χ4v) is 3.36. The number of carbonyl (C=O) groups is 1. The summed E-state index contributed by atoms with van der Waals surface area (Å²) in [5.41, 5.74) is 0.178. The molecule has 0 unspecified atom stereocenters. The first-order chi connectivity index (χ1) is 11.1. The highest BCUT2D eigenvalue weighted by Crippen LogP contribution is 2.37. The molecule has 126 valence electrons. The van der Waals surface area contributed by atoms with Gasteiger partial charge in [-0.15, -0.1) is 0 Å². The minimum Gasteiger partial charge on any atom is -0.498 e. The molecule has 0 spiro atoms. The van der Waals surface area contributed by atoms with Crippen LogP contribution >= 0.6 is 22.6 Å². The molecule has 0 aromatic heterocycles. The molecule has 0 bridgehead atoms. The highest BCUT2D eigenvalue weighted by Gasteiger charge is 2.36. The minimum atomic E-state index is -0.304. The van der Waals surface area contributed by atoms with Crippen LogP contribution in [0.25, 0.3) is 0 Å². The molecule has 0 amide bonds. The van der Waals surface area contributed by atoms with Crippen molar-refractivity contribution in [3.63, 3.8) is 0 Å². The van der Waals surface area contributed by atoms with E-state index in [1.165, 1.54) is 6.26 Å². The van der Waals surface area contributed by atoms with Crippen LogP contribution in [0.3, 0.4) is 0 Å². The molecule has 0 atom stereocenters. The molecular weight excluding hydrogens is 407 g/mol. The SMILES string of the molecule is C=COCCOc1ccc(I)cc1C(=O)OC1(CC)CCCC1. The van der Waals surface area contributed by atoms with E-state index >= 15 is 0 Å². The van der Waals surface area contributed by atoms with Gasteiger partial charge in [0.15, 0.2) is 0 Å². The molecule has 1 aliphatic rings. The largest absolute Gasteiger partial charge is 0.498 e. The second-order valence-electron chi connectivity index (χ2n) is 5.66. The van der Waals surface area contributed by atoms with Gasteiger partial charge >= 0.3 is 5.97 Å². The number of hydrogen-bond acceptors (Lipinski definition) is 4. The fraction of sp³-hybridized carbons (Fsp3) is 0.500. The summed E-state index contributed by atoms with van der Waals surface area (Å²) in [5.74, 6) is 0.235.